The molecule has 0 saturated heterocycles. The predicted molar refractivity (Wildman–Crippen MR) is 82.5 cm³/mol. The first-order valence-electron chi connectivity index (χ1n) is 6.75. The first-order valence-corrected chi connectivity index (χ1v) is 6.75. The Hall–Kier alpha value is -2.16. The van der Waals surface area contributed by atoms with Crippen LogP contribution in [0.4, 0.5) is 5.69 Å². The third kappa shape index (κ3) is 2.72. The Kier molecular flexibility index (Phi) is 3.89. The van der Waals surface area contributed by atoms with Gasteiger partial charge in [-0.15, -0.1) is 0 Å². The van der Waals surface area contributed by atoms with Crippen molar-refractivity contribution in [2.24, 2.45) is 0 Å². The summed E-state index contributed by atoms with van der Waals surface area (Å²) in [6.45, 7) is 7.75. The van der Waals surface area contributed by atoms with E-state index in [1.54, 1.807) is 6.07 Å². The molecule has 0 bridgehead atoms. The van der Waals surface area contributed by atoms with Gasteiger partial charge < -0.3 is 15.5 Å². The highest BCUT2D eigenvalue weighted by molar-refractivity contribution is 5.60. The fourth-order valence-electron chi connectivity index (χ4n) is 2.32. The van der Waals surface area contributed by atoms with E-state index in [1.165, 1.54) is 0 Å². The SMILES string of the molecule is Cc1ccc(O)c(C(C)Nc2ccc(C)c(O)c2C)c1. The van der Waals surface area contributed by atoms with Crippen molar-refractivity contribution in [3.8, 4) is 11.5 Å². The van der Waals surface area contributed by atoms with Crippen molar-refractivity contribution in [1.82, 2.24) is 0 Å². The summed E-state index contributed by atoms with van der Waals surface area (Å²) in [5.74, 6) is 0.597. The van der Waals surface area contributed by atoms with E-state index in [-0.39, 0.29) is 11.8 Å². The molecule has 0 heterocycles. The summed E-state index contributed by atoms with van der Waals surface area (Å²) in [5.41, 5.74) is 4.52. The molecular formula is C17H21NO2. The minimum absolute atomic E-state index is 0.0456. The van der Waals surface area contributed by atoms with Crippen LogP contribution in [0.3, 0.4) is 0 Å². The Morgan fingerprint density at radius 2 is 1.70 bits per heavy atom. The van der Waals surface area contributed by atoms with Crippen LogP contribution in [-0.4, -0.2) is 10.2 Å². The predicted octanol–water partition coefficient (Wildman–Crippen LogP) is 4.20. The van der Waals surface area contributed by atoms with Gasteiger partial charge in [0.1, 0.15) is 11.5 Å². The minimum Gasteiger partial charge on any atom is -0.508 e. The van der Waals surface area contributed by atoms with Crippen molar-refractivity contribution >= 4 is 5.69 Å². The van der Waals surface area contributed by atoms with Crippen molar-refractivity contribution in [3.05, 3.63) is 52.6 Å². The van der Waals surface area contributed by atoms with Crippen LogP contribution in [0.5, 0.6) is 11.5 Å². The molecule has 1 unspecified atom stereocenters. The van der Waals surface area contributed by atoms with E-state index in [4.69, 9.17) is 0 Å². The molecule has 20 heavy (non-hydrogen) atoms. The van der Waals surface area contributed by atoms with Gasteiger partial charge in [0.05, 0.1) is 6.04 Å². The molecule has 3 nitrogen and oxygen atoms in total. The maximum Gasteiger partial charge on any atom is 0.123 e. The Labute approximate surface area is 119 Å². The van der Waals surface area contributed by atoms with Gasteiger partial charge in [0.15, 0.2) is 0 Å². The van der Waals surface area contributed by atoms with Crippen molar-refractivity contribution in [3.63, 3.8) is 0 Å². The van der Waals surface area contributed by atoms with Gasteiger partial charge >= 0.3 is 0 Å². The van der Waals surface area contributed by atoms with Gasteiger partial charge in [-0.25, -0.2) is 0 Å². The fourth-order valence-corrected chi connectivity index (χ4v) is 2.32. The molecule has 0 aliphatic carbocycles. The third-order valence-electron chi connectivity index (χ3n) is 3.65. The molecule has 0 aromatic heterocycles. The molecule has 0 saturated carbocycles. The lowest BCUT2D eigenvalue weighted by Gasteiger charge is -2.20. The molecule has 2 aromatic rings. The summed E-state index contributed by atoms with van der Waals surface area (Å²) in [6.07, 6.45) is 0. The Balaban J connectivity index is 2.30. The van der Waals surface area contributed by atoms with Gasteiger partial charge in [-0.1, -0.05) is 23.8 Å². The molecule has 0 amide bonds. The molecule has 0 aliphatic heterocycles. The smallest absolute Gasteiger partial charge is 0.123 e. The number of hydrogen-bond donors (Lipinski definition) is 3. The number of benzene rings is 2. The number of rotatable bonds is 3. The van der Waals surface area contributed by atoms with Gasteiger partial charge in [-0.2, -0.15) is 0 Å². The normalized spacial score (nSPS) is 12.2. The Morgan fingerprint density at radius 3 is 2.40 bits per heavy atom. The maximum absolute atomic E-state index is 9.98. The molecular weight excluding hydrogens is 250 g/mol. The molecule has 0 spiro atoms. The second-order valence-corrected chi connectivity index (χ2v) is 5.33. The second-order valence-electron chi connectivity index (χ2n) is 5.33. The highest BCUT2D eigenvalue weighted by atomic mass is 16.3. The molecule has 106 valence electrons. The number of nitrogens with one attached hydrogen (secondary N) is 1. The van der Waals surface area contributed by atoms with Crippen LogP contribution >= 0.6 is 0 Å². The van der Waals surface area contributed by atoms with E-state index in [1.807, 2.05) is 52.0 Å². The van der Waals surface area contributed by atoms with Crippen molar-refractivity contribution < 1.29 is 10.2 Å². The number of phenols is 2. The van der Waals surface area contributed by atoms with Crippen molar-refractivity contribution in [1.29, 1.82) is 0 Å². The van der Waals surface area contributed by atoms with Crippen LogP contribution < -0.4 is 5.32 Å². The number of phenolic OH excluding ortho intramolecular Hbond substituents is 2. The largest absolute Gasteiger partial charge is 0.508 e. The Bertz CT molecular complexity index is 635. The van der Waals surface area contributed by atoms with Gasteiger partial charge in [-0.3, -0.25) is 0 Å². The molecule has 0 fully saturated rings. The number of aryl methyl sites for hydroxylation is 2. The molecule has 0 aliphatic rings. The zero-order valence-corrected chi connectivity index (χ0v) is 12.4. The van der Waals surface area contributed by atoms with E-state index in [0.29, 0.717) is 5.75 Å². The van der Waals surface area contributed by atoms with Crippen molar-refractivity contribution in [2.45, 2.75) is 33.7 Å². The average molecular weight is 271 g/mol. The summed E-state index contributed by atoms with van der Waals surface area (Å²) in [7, 11) is 0. The summed E-state index contributed by atoms with van der Waals surface area (Å²) >= 11 is 0. The quantitative estimate of drug-likeness (QED) is 0.784. The van der Waals surface area contributed by atoms with Gasteiger partial charge in [0, 0.05) is 16.8 Å². The van der Waals surface area contributed by atoms with Gasteiger partial charge in [-0.05, 0) is 45.4 Å². The Morgan fingerprint density at radius 1 is 1.00 bits per heavy atom. The fraction of sp³-hybridized carbons (Fsp3) is 0.294. The van der Waals surface area contributed by atoms with E-state index in [0.717, 1.165) is 27.9 Å². The third-order valence-corrected chi connectivity index (χ3v) is 3.65. The summed E-state index contributed by atoms with van der Waals surface area (Å²) in [6, 6.07) is 9.35. The maximum atomic E-state index is 9.98. The summed E-state index contributed by atoms with van der Waals surface area (Å²) < 4.78 is 0. The van der Waals surface area contributed by atoms with Crippen LogP contribution in [0.15, 0.2) is 30.3 Å². The zero-order valence-electron chi connectivity index (χ0n) is 12.4. The van der Waals surface area contributed by atoms with E-state index < -0.39 is 0 Å². The van der Waals surface area contributed by atoms with Crippen LogP contribution in [0.2, 0.25) is 0 Å². The topological polar surface area (TPSA) is 52.5 Å². The van der Waals surface area contributed by atoms with Gasteiger partial charge in [0.25, 0.3) is 0 Å². The van der Waals surface area contributed by atoms with Crippen LogP contribution in [0.1, 0.15) is 35.2 Å². The molecule has 1 atom stereocenters. The standard InChI is InChI=1S/C17H21NO2/c1-10-5-8-16(19)14(9-10)13(4)18-15-7-6-11(2)17(20)12(15)3/h5-9,13,18-20H,1-4H3. The number of hydrogen-bond acceptors (Lipinski definition) is 3. The molecule has 2 rings (SSSR count). The monoisotopic (exact) mass is 271 g/mol. The molecule has 3 N–H and O–H groups in total. The molecule has 3 heteroatoms. The lowest BCUT2D eigenvalue weighted by Crippen LogP contribution is -2.08. The first kappa shape index (κ1) is 14.3. The van der Waals surface area contributed by atoms with Crippen LogP contribution in [0, 0.1) is 20.8 Å². The summed E-state index contributed by atoms with van der Waals surface area (Å²) in [4.78, 5) is 0. The van der Waals surface area contributed by atoms with E-state index >= 15 is 0 Å². The van der Waals surface area contributed by atoms with Crippen molar-refractivity contribution in [2.75, 3.05) is 5.32 Å². The minimum atomic E-state index is -0.0456. The van der Waals surface area contributed by atoms with Crippen LogP contribution in [-0.2, 0) is 0 Å². The second kappa shape index (κ2) is 5.45. The highest BCUT2D eigenvalue weighted by Gasteiger charge is 2.13. The number of anilines is 1. The lowest BCUT2D eigenvalue weighted by atomic mass is 10.0. The number of aromatic hydroxyl groups is 2. The summed E-state index contributed by atoms with van der Waals surface area (Å²) in [5, 5.41) is 23.3. The zero-order chi connectivity index (χ0) is 14.9. The lowest BCUT2D eigenvalue weighted by molar-refractivity contribution is 0.464. The highest BCUT2D eigenvalue weighted by Crippen LogP contribution is 2.32. The van der Waals surface area contributed by atoms with Crippen LogP contribution in [0.25, 0.3) is 0 Å². The molecule has 0 radical (unpaired) electrons. The van der Waals surface area contributed by atoms with Gasteiger partial charge in [0.2, 0.25) is 0 Å². The first-order chi connectivity index (χ1) is 9.40. The van der Waals surface area contributed by atoms with E-state index in [9.17, 15) is 10.2 Å². The van der Waals surface area contributed by atoms with E-state index in [2.05, 4.69) is 5.32 Å². The molecule has 2 aromatic carbocycles. The average Bonchev–Trinajstić information content (AvgIpc) is 2.42.